The highest BCUT2D eigenvalue weighted by atomic mass is 35.5. The Kier molecular flexibility index (Phi) is 4.80. The third-order valence-electron chi connectivity index (χ3n) is 2.98. The molecule has 0 saturated carbocycles. The lowest BCUT2D eigenvalue weighted by Gasteiger charge is -2.07. The maximum atomic E-state index is 12.1. The molecule has 21 heavy (non-hydrogen) atoms. The van der Waals surface area contributed by atoms with E-state index in [9.17, 15) is 8.42 Å². The van der Waals surface area contributed by atoms with E-state index in [1.165, 1.54) is 12.1 Å². The molecule has 0 spiro atoms. The molecular weight excluding hydrogens is 312 g/mol. The number of hydrogen-bond acceptors (Lipinski definition) is 5. The smallest absolute Gasteiger partial charge is 0.233 e. The normalized spacial score (nSPS) is 11.4. The Morgan fingerprint density at radius 1 is 1.14 bits per heavy atom. The largest absolute Gasteiger partial charge is 0.475 e. The maximum Gasteiger partial charge on any atom is 0.233 e. The minimum Gasteiger partial charge on any atom is -0.475 e. The number of halogens is 1. The first-order valence-corrected chi connectivity index (χ1v) is 8.33. The summed E-state index contributed by atoms with van der Waals surface area (Å²) in [4.78, 5) is 0.224. The lowest BCUT2D eigenvalue weighted by atomic mass is 10.2. The van der Waals surface area contributed by atoms with Gasteiger partial charge in [0.25, 0.3) is 0 Å². The minimum atomic E-state index is -3.40. The zero-order valence-electron chi connectivity index (χ0n) is 11.7. The van der Waals surface area contributed by atoms with Crippen LogP contribution in [0.25, 0.3) is 0 Å². The summed E-state index contributed by atoms with van der Waals surface area (Å²) in [6.45, 7) is 3.75. The summed E-state index contributed by atoms with van der Waals surface area (Å²) in [5.41, 5.74) is 1.76. The van der Waals surface area contributed by atoms with Crippen LogP contribution in [0.4, 0.5) is 0 Å². The minimum absolute atomic E-state index is 0.0160. The molecule has 2 aromatic rings. The maximum absolute atomic E-state index is 12.1. The predicted octanol–water partition coefficient (Wildman–Crippen LogP) is 2.60. The molecule has 0 aliphatic carbocycles. The van der Waals surface area contributed by atoms with Crippen molar-refractivity contribution >= 4 is 21.4 Å². The van der Waals surface area contributed by atoms with Gasteiger partial charge in [-0.15, -0.1) is 5.10 Å². The van der Waals surface area contributed by atoms with E-state index < -0.39 is 9.84 Å². The van der Waals surface area contributed by atoms with E-state index in [1.54, 1.807) is 18.2 Å². The molecule has 0 bridgehead atoms. The molecule has 0 unspecified atom stereocenters. The third-order valence-corrected chi connectivity index (χ3v) is 4.93. The highest BCUT2D eigenvalue weighted by Gasteiger charge is 2.14. The number of aryl methyl sites for hydroxylation is 2. The Morgan fingerprint density at radius 2 is 1.81 bits per heavy atom. The van der Waals surface area contributed by atoms with E-state index in [2.05, 4.69) is 10.2 Å². The van der Waals surface area contributed by atoms with Crippen molar-refractivity contribution in [2.75, 3.05) is 12.4 Å². The van der Waals surface area contributed by atoms with Gasteiger partial charge in [-0.2, -0.15) is 5.10 Å². The van der Waals surface area contributed by atoms with Crippen LogP contribution in [0, 0.1) is 13.8 Å². The monoisotopic (exact) mass is 326 g/mol. The van der Waals surface area contributed by atoms with Crippen molar-refractivity contribution in [3.05, 3.63) is 46.6 Å². The first-order chi connectivity index (χ1) is 9.88. The lowest BCUT2D eigenvalue weighted by molar-refractivity contribution is 0.322. The summed E-state index contributed by atoms with van der Waals surface area (Å²) in [6.07, 6.45) is 0. The molecule has 0 N–H and O–H groups in total. The quantitative estimate of drug-likeness (QED) is 0.844. The van der Waals surface area contributed by atoms with Crippen LogP contribution < -0.4 is 4.74 Å². The van der Waals surface area contributed by atoms with Crippen molar-refractivity contribution in [3.8, 4) is 5.88 Å². The van der Waals surface area contributed by atoms with Gasteiger partial charge in [0.2, 0.25) is 5.88 Å². The van der Waals surface area contributed by atoms with Crippen molar-refractivity contribution < 1.29 is 13.2 Å². The predicted molar refractivity (Wildman–Crippen MR) is 80.5 cm³/mol. The number of hydrogen-bond donors (Lipinski definition) is 0. The van der Waals surface area contributed by atoms with Gasteiger partial charge in [-0.3, -0.25) is 0 Å². The highest BCUT2D eigenvalue weighted by molar-refractivity contribution is 7.91. The molecule has 0 atom stereocenters. The Balaban J connectivity index is 1.98. The molecule has 1 aromatic carbocycles. The van der Waals surface area contributed by atoms with Gasteiger partial charge in [0.15, 0.2) is 9.84 Å². The molecule has 7 heteroatoms. The third kappa shape index (κ3) is 4.15. The molecule has 1 heterocycles. The van der Waals surface area contributed by atoms with Gasteiger partial charge < -0.3 is 4.74 Å². The van der Waals surface area contributed by atoms with Gasteiger partial charge in [-0.25, -0.2) is 8.42 Å². The number of sulfone groups is 1. The van der Waals surface area contributed by atoms with Crippen molar-refractivity contribution in [3.63, 3.8) is 0 Å². The summed E-state index contributed by atoms with van der Waals surface area (Å²) in [6, 6.07) is 7.78. The number of aromatic nitrogens is 2. The fourth-order valence-electron chi connectivity index (χ4n) is 1.61. The van der Waals surface area contributed by atoms with Crippen LogP contribution >= 0.6 is 11.6 Å². The van der Waals surface area contributed by atoms with Crippen LogP contribution in [-0.4, -0.2) is 31.0 Å². The first-order valence-electron chi connectivity index (χ1n) is 6.30. The van der Waals surface area contributed by atoms with E-state index in [0.717, 1.165) is 11.3 Å². The second-order valence-corrected chi connectivity index (χ2v) is 7.12. The molecule has 1 aromatic heterocycles. The van der Waals surface area contributed by atoms with E-state index in [4.69, 9.17) is 16.3 Å². The van der Waals surface area contributed by atoms with E-state index in [1.807, 2.05) is 13.8 Å². The molecule has 112 valence electrons. The average Bonchev–Trinajstić information content (AvgIpc) is 2.43. The van der Waals surface area contributed by atoms with Gasteiger partial charge in [0, 0.05) is 11.1 Å². The SMILES string of the molecule is Cc1cc(OCCS(=O)(=O)c2ccc(Cl)cc2)nnc1C. The molecular formula is C14H15ClN2O3S. The molecule has 0 radical (unpaired) electrons. The second kappa shape index (κ2) is 6.41. The van der Waals surface area contributed by atoms with Gasteiger partial charge in [-0.05, 0) is 43.7 Å². The van der Waals surface area contributed by atoms with Crippen LogP contribution in [0.2, 0.25) is 5.02 Å². The Labute approximate surface area is 128 Å². The Bertz CT molecular complexity index is 730. The van der Waals surface area contributed by atoms with Crippen LogP contribution in [0.3, 0.4) is 0 Å². The Hall–Kier alpha value is -1.66. The number of nitrogens with zero attached hydrogens (tertiary/aromatic N) is 2. The van der Waals surface area contributed by atoms with Crippen molar-refractivity contribution in [2.45, 2.75) is 18.7 Å². The van der Waals surface area contributed by atoms with Crippen molar-refractivity contribution in [2.24, 2.45) is 0 Å². The van der Waals surface area contributed by atoms with Crippen molar-refractivity contribution in [1.82, 2.24) is 10.2 Å². The standard InChI is InChI=1S/C14H15ClN2O3S/c1-10-9-14(17-16-11(10)2)20-7-8-21(18,19)13-5-3-12(15)4-6-13/h3-6,9H,7-8H2,1-2H3. The van der Waals surface area contributed by atoms with Crippen LogP contribution in [0.15, 0.2) is 35.2 Å². The number of benzene rings is 1. The molecule has 0 fully saturated rings. The van der Waals surface area contributed by atoms with Crippen molar-refractivity contribution in [1.29, 1.82) is 0 Å². The zero-order chi connectivity index (χ0) is 15.5. The van der Waals surface area contributed by atoms with Crippen LogP contribution in [0.5, 0.6) is 5.88 Å². The molecule has 0 saturated heterocycles. The van der Waals surface area contributed by atoms with Gasteiger partial charge >= 0.3 is 0 Å². The van der Waals surface area contributed by atoms with E-state index in [0.29, 0.717) is 10.9 Å². The van der Waals surface area contributed by atoms with E-state index >= 15 is 0 Å². The Morgan fingerprint density at radius 3 is 2.43 bits per heavy atom. The lowest BCUT2D eigenvalue weighted by Crippen LogP contribution is -2.15. The molecule has 0 aliphatic heterocycles. The molecule has 2 rings (SSSR count). The topological polar surface area (TPSA) is 69.2 Å². The molecule has 5 nitrogen and oxygen atoms in total. The molecule has 0 amide bonds. The average molecular weight is 327 g/mol. The summed E-state index contributed by atoms with van der Waals surface area (Å²) < 4.78 is 29.5. The van der Waals surface area contributed by atoms with E-state index in [-0.39, 0.29) is 17.3 Å². The second-order valence-electron chi connectivity index (χ2n) is 4.57. The summed E-state index contributed by atoms with van der Waals surface area (Å²) in [5.74, 6) is 0.188. The van der Waals surface area contributed by atoms with Crippen LogP contribution in [-0.2, 0) is 9.84 Å². The fraction of sp³-hybridized carbons (Fsp3) is 0.286. The highest BCUT2D eigenvalue weighted by Crippen LogP contribution is 2.16. The summed E-state index contributed by atoms with van der Waals surface area (Å²) in [5, 5.41) is 8.28. The number of rotatable bonds is 5. The van der Waals surface area contributed by atoms with Gasteiger partial charge in [-0.1, -0.05) is 11.6 Å². The summed E-state index contributed by atoms with van der Waals surface area (Å²) in [7, 11) is -3.40. The first kappa shape index (κ1) is 15.7. The number of ether oxygens (including phenoxy) is 1. The van der Waals surface area contributed by atoms with Gasteiger partial charge in [0.1, 0.15) is 6.61 Å². The summed E-state index contributed by atoms with van der Waals surface area (Å²) >= 11 is 5.74. The fourth-order valence-corrected chi connectivity index (χ4v) is 2.82. The van der Waals surface area contributed by atoms with Gasteiger partial charge in [0.05, 0.1) is 16.3 Å². The zero-order valence-corrected chi connectivity index (χ0v) is 13.3. The molecule has 0 aliphatic rings. The van der Waals surface area contributed by atoms with Crippen LogP contribution in [0.1, 0.15) is 11.3 Å².